The summed E-state index contributed by atoms with van der Waals surface area (Å²) in [7, 11) is 0. The Morgan fingerprint density at radius 2 is 2.15 bits per heavy atom. The van der Waals surface area contributed by atoms with Crippen molar-refractivity contribution in [3.8, 4) is 0 Å². The van der Waals surface area contributed by atoms with Gasteiger partial charge in [-0.3, -0.25) is 9.48 Å². The summed E-state index contributed by atoms with van der Waals surface area (Å²) in [4.78, 5) is 12.3. The number of carbonyl (C=O) groups excluding carboxylic acids is 1. The van der Waals surface area contributed by atoms with Crippen LogP contribution in [0.4, 0.5) is 0 Å². The minimum Gasteiger partial charge on any atom is -0.396 e. The number of rotatable bonds is 7. The first-order chi connectivity index (χ1) is 9.30. The second-order valence-electron chi connectivity index (χ2n) is 6.25. The van der Waals surface area contributed by atoms with Crippen LogP contribution in [0.15, 0.2) is 6.07 Å². The normalized spacial score (nSPS) is 11.9. The van der Waals surface area contributed by atoms with Crippen molar-refractivity contribution >= 4 is 5.91 Å². The number of hydrogen-bond acceptors (Lipinski definition) is 3. The maximum absolute atomic E-state index is 12.3. The molecule has 1 aromatic rings. The molecule has 0 aromatic carbocycles. The fourth-order valence-corrected chi connectivity index (χ4v) is 1.94. The number of amides is 1. The molecule has 5 nitrogen and oxygen atoms in total. The maximum Gasteiger partial charge on any atom is 0.269 e. The zero-order valence-electron chi connectivity index (χ0n) is 13.2. The Kier molecular flexibility index (Phi) is 5.74. The summed E-state index contributed by atoms with van der Waals surface area (Å²) in [5.74, 6) is 0.206. The van der Waals surface area contributed by atoms with Gasteiger partial charge in [-0.25, -0.2) is 0 Å². The summed E-state index contributed by atoms with van der Waals surface area (Å²) in [5, 5.41) is 16.4. The molecule has 0 radical (unpaired) electrons. The first-order valence-corrected chi connectivity index (χ1v) is 7.27. The largest absolute Gasteiger partial charge is 0.396 e. The lowest BCUT2D eigenvalue weighted by molar-refractivity contribution is 0.0917. The Balaban J connectivity index is 2.77. The van der Waals surface area contributed by atoms with Crippen molar-refractivity contribution in [1.82, 2.24) is 15.1 Å². The molecule has 0 bridgehead atoms. The summed E-state index contributed by atoms with van der Waals surface area (Å²) in [5.41, 5.74) is 1.44. The van der Waals surface area contributed by atoms with Crippen LogP contribution in [0.3, 0.4) is 0 Å². The predicted molar refractivity (Wildman–Crippen MR) is 79.8 cm³/mol. The zero-order valence-corrected chi connectivity index (χ0v) is 13.2. The van der Waals surface area contributed by atoms with E-state index in [1.807, 2.05) is 26.8 Å². The van der Waals surface area contributed by atoms with Gasteiger partial charge in [0.15, 0.2) is 0 Å². The van der Waals surface area contributed by atoms with Crippen LogP contribution in [0.2, 0.25) is 0 Å². The topological polar surface area (TPSA) is 67.2 Å². The van der Waals surface area contributed by atoms with Gasteiger partial charge in [-0.2, -0.15) is 5.10 Å². The number of nitrogens with zero attached hydrogens (tertiary/aromatic N) is 2. The third kappa shape index (κ3) is 4.34. The first kappa shape index (κ1) is 16.7. The average Bonchev–Trinajstić information content (AvgIpc) is 2.80. The fourth-order valence-electron chi connectivity index (χ4n) is 1.94. The van der Waals surface area contributed by atoms with E-state index in [1.165, 1.54) is 0 Å². The molecule has 0 aliphatic heterocycles. The molecule has 20 heavy (non-hydrogen) atoms. The van der Waals surface area contributed by atoms with Crippen LogP contribution in [-0.2, 0) is 6.54 Å². The van der Waals surface area contributed by atoms with Crippen LogP contribution in [-0.4, -0.2) is 33.9 Å². The monoisotopic (exact) mass is 281 g/mol. The molecule has 2 N–H and O–H groups in total. The second-order valence-corrected chi connectivity index (χ2v) is 6.25. The molecule has 0 saturated heterocycles. The van der Waals surface area contributed by atoms with E-state index < -0.39 is 0 Å². The van der Waals surface area contributed by atoms with Crippen molar-refractivity contribution in [3.63, 3.8) is 0 Å². The van der Waals surface area contributed by atoms with Gasteiger partial charge in [-0.1, -0.05) is 27.7 Å². The summed E-state index contributed by atoms with van der Waals surface area (Å²) in [6, 6.07) is 1.86. The second kappa shape index (κ2) is 6.88. The van der Waals surface area contributed by atoms with Gasteiger partial charge < -0.3 is 10.4 Å². The number of aliphatic hydroxyl groups is 1. The molecule has 0 spiro atoms. The van der Waals surface area contributed by atoms with Crippen molar-refractivity contribution in [2.75, 3.05) is 13.2 Å². The van der Waals surface area contributed by atoms with Gasteiger partial charge in [0.25, 0.3) is 5.91 Å². The number of aliphatic hydroxyl groups excluding tert-OH is 1. The molecule has 0 unspecified atom stereocenters. The molecular weight excluding hydrogens is 254 g/mol. The lowest BCUT2D eigenvalue weighted by Gasteiger charge is -2.23. The van der Waals surface area contributed by atoms with E-state index >= 15 is 0 Å². The third-order valence-electron chi connectivity index (χ3n) is 3.44. The summed E-state index contributed by atoms with van der Waals surface area (Å²) >= 11 is 0. The maximum atomic E-state index is 12.3. The third-order valence-corrected chi connectivity index (χ3v) is 3.44. The average molecular weight is 281 g/mol. The highest BCUT2D eigenvalue weighted by molar-refractivity contribution is 5.92. The van der Waals surface area contributed by atoms with E-state index in [2.05, 4.69) is 24.3 Å². The Hall–Kier alpha value is -1.36. The van der Waals surface area contributed by atoms with Crippen molar-refractivity contribution in [2.24, 2.45) is 5.41 Å². The van der Waals surface area contributed by atoms with E-state index in [0.717, 1.165) is 5.69 Å². The lowest BCUT2D eigenvalue weighted by Crippen LogP contribution is -2.35. The van der Waals surface area contributed by atoms with Crippen LogP contribution in [0, 0.1) is 5.41 Å². The van der Waals surface area contributed by atoms with E-state index in [9.17, 15) is 4.79 Å². The summed E-state index contributed by atoms with van der Waals surface area (Å²) < 4.78 is 1.74. The predicted octanol–water partition coefficient (Wildman–Crippen LogP) is 2.16. The van der Waals surface area contributed by atoms with Gasteiger partial charge in [0.1, 0.15) is 5.69 Å². The van der Waals surface area contributed by atoms with E-state index in [-0.39, 0.29) is 17.9 Å². The van der Waals surface area contributed by atoms with Crippen molar-refractivity contribution in [1.29, 1.82) is 0 Å². The van der Waals surface area contributed by atoms with Crippen molar-refractivity contribution in [3.05, 3.63) is 17.5 Å². The minimum atomic E-state index is -0.109. The quantitative estimate of drug-likeness (QED) is 0.805. The Morgan fingerprint density at radius 1 is 1.50 bits per heavy atom. The highest BCUT2D eigenvalue weighted by atomic mass is 16.3. The summed E-state index contributed by atoms with van der Waals surface area (Å²) in [6.45, 7) is 11.5. The fraction of sp³-hybridized carbons (Fsp3) is 0.733. The standard InChI is InChI=1S/C15H27N3O2/c1-6-18-13(9-12(17-18)11(2)3)14(20)16-10-15(4,5)7-8-19/h9,11,19H,6-8,10H2,1-5H3,(H,16,20). The number of hydrogen-bond donors (Lipinski definition) is 2. The van der Waals surface area contributed by atoms with Gasteiger partial charge in [-0.05, 0) is 30.7 Å². The van der Waals surface area contributed by atoms with Crippen LogP contribution < -0.4 is 5.32 Å². The van der Waals surface area contributed by atoms with Crippen LogP contribution in [0.1, 0.15) is 63.1 Å². The van der Waals surface area contributed by atoms with Gasteiger partial charge in [0.05, 0.1) is 5.69 Å². The van der Waals surface area contributed by atoms with Gasteiger partial charge >= 0.3 is 0 Å². The smallest absolute Gasteiger partial charge is 0.269 e. The molecule has 5 heteroatoms. The lowest BCUT2D eigenvalue weighted by atomic mass is 9.90. The molecule has 1 heterocycles. The molecule has 0 atom stereocenters. The summed E-state index contributed by atoms with van der Waals surface area (Å²) in [6.07, 6.45) is 0.664. The molecule has 1 amide bonds. The molecule has 0 saturated carbocycles. The highest BCUT2D eigenvalue weighted by Gasteiger charge is 2.21. The van der Waals surface area contributed by atoms with Crippen molar-refractivity contribution in [2.45, 2.75) is 53.5 Å². The Morgan fingerprint density at radius 3 is 2.65 bits per heavy atom. The number of nitrogens with one attached hydrogen (secondary N) is 1. The molecule has 1 aromatic heterocycles. The van der Waals surface area contributed by atoms with Gasteiger partial charge in [0, 0.05) is 19.7 Å². The Labute approximate surface area is 121 Å². The molecular formula is C15H27N3O2. The highest BCUT2D eigenvalue weighted by Crippen LogP contribution is 2.19. The van der Waals surface area contributed by atoms with E-state index in [1.54, 1.807) is 4.68 Å². The Bertz CT molecular complexity index is 450. The van der Waals surface area contributed by atoms with E-state index in [0.29, 0.717) is 31.1 Å². The van der Waals surface area contributed by atoms with Gasteiger partial charge in [-0.15, -0.1) is 0 Å². The van der Waals surface area contributed by atoms with Crippen LogP contribution >= 0.6 is 0 Å². The number of aryl methyl sites for hydroxylation is 1. The number of carbonyl (C=O) groups is 1. The SMILES string of the molecule is CCn1nc(C(C)C)cc1C(=O)NCC(C)(C)CCO. The van der Waals surface area contributed by atoms with Crippen LogP contribution in [0.25, 0.3) is 0 Å². The zero-order chi connectivity index (χ0) is 15.3. The van der Waals surface area contributed by atoms with Crippen molar-refractivity contribution < 1.29 is 9.90 Å². The molecule has 1 rings (SSSR count). The van der Waals surface area contributed by atoms with Crippen LogP contribution in [0.5, 0.6) is 0 Å². The molecule has 114 valence electrons. The first-order valence-electron chi connectivity index (χ1n) is 7.27. The molecule has 0 fully saturated rings. The molecule has 0 aliphatic carbocycles. The van der Waals surface area contributed by atoms with E-state index in [4.69, 9.17) is 5.11 Å². The number of aromatic nitrogens is 2. The minimum absolute atomic E-state index is 0.0998. The molecule has 0 aliphatic rings. The van der Waals surface area contributed by atoms with Gasteiger partial charge in [0.2, 0.25) is 0 Å².